The second kappa shape index (κ2) is 5.00. The molecule has 0 saturated heterocycles. The molecule has 2 heterocycles. The molecular formula is C13H12ClN3S. The first-order valence-electron chi connectivity index (χ1n) is 5.65. The van der Waals surface area contributed by atoms with E-state index in [9.17, 15) is 0 Å². The Kier molecular flexibility index (Phi) is 3.21. The number of fused-ring (bicyclic) bond motifs is 1. The number of hydrogen-bond donors (Lipinski definition) is 1. The summed E-state index contributed by atoms with van der Waals surface area (Å²) in [6.45, 7) is 0.711. The highest BCUT2D eigenvalue weighted by molar-refractivity contribution is 7.15. The fourth-order valence-electron chi connectivity index (χ4n) is 1.86. The number of thiazole rings is 1. The maximum absolute atomic E-state index is 5.90. The molecule has 0 radical (unpaired) electrons. The molecule has 0 bridgehead atoms. The van der Waals surface area contributed by atoms with E-state index in [1.807, 2.05) is 46.4 Å². The molecule has 0 aliphatic carbocycles. The number of para-hydroxylation sites is 1. The molecule has 0 spiro atoms. The van der Waals surface area contributed by atoms with Gasteiger partial charge in [-0.15, -0.1) is 22.9 Å². The molecule has 0 atom stereocenters. The summed E-state index contributed by atoms with van der Waals surface area (Å²) in [5.41, 5.74) is 3.22. The van der Waals surface area contributed by atoms with Gasteiger partial charge in [-0.1, -0.05) is 18.2 Å². The van der Waals surface area contributed by atoms with Crippen molar-refractivity contribution >= 4 is 33.6 Å². The maximum atomic E-state index is 5.90. The predicted molar refractivity (Wildman–Crippen MR) is 76.4 cm³/mol. The van der Waals surface area contributed by atoms with Crippen LogP contribution in [0.2, 0.25) is 0 Å². The quantitative estimate of drug-likeness (QED) is 0.736. The van der Waals surface area contributed by atoms with Crippen LogP contribution in [0.25, 0.3) is 4.96 Å². The molecule has 1 aromatic carbocycles. The van der Waals surface area contributed by atoms with E-state index in [-0.39, 0.29) is 0 Å². The first-order valence-corrected chi connectivity index (χ1v) is 7.07. The molecular weight excluding hydrogens is 266 g/mol. The summed E-state index contributed by atoms with van der Waals surface area (Å²) in [5.74, 6) is 0.515. The zero-order valence-corrected chi connectivity index (χ0v) is 11.2. The summed E-state index contributed by atoms with van der Waals surface area (Å²) in [7, 11) is 0. The van der Waals surface area contributed by atoms with Crippen LogP contribution < -0.4 is 5.32 Å². The number of imidazole rings is 1. The number of benzene rings is 1. The van der Waals surface area contributed by atoms with Crippen molar-refractivity contribution in [3.05, 3.63) is 53.3 Å². The molecule has 0 saturated carbocycles. The Labute approximate surface area is 114 Å². The monoisotopic (exact) mass is 277 g/mol. The molecule has 2 aromatic heterocycles. The van der Waals surface area contributed by atoms with Gasteiger partial charge in [-0.2, -0.15) is 0 Å². The van der Waals surface area contributed by atoms with Crippen molar-refractivity contribution in [3.63, 3.8) is 0 Å². The number of nitrogens with one attached hydrogen (secondary N) is 1. The normalized spacial score (nSPS) is 10.9. The minimum atomic E-state index is 0.515. The molecule has 92 valence electrons. The number of alkyl halides is 1. The van der Waals surface area contributed by atoms with Gasteiger partial charge in [0.1, 0.15) is 0 Å². The number of nitrogens with zero attached hydrogens (tertiary/aromatic N) is 2. The maximum Gasteiger partial charge on any atom is 0.193 e. The van der Waals surface area contributed by atoms with Crippen LogP contribution in [-0.4, -0.2) is 9.38 Å². The molecule has 3 rings (SSSR count). The Balaban J connectivity index is 1.76. The molecule has 0 unspecified atom stereocenters. The first-order chi connectivity index (χ1) is 8.86. The summed E-state index contributed by atoms with van der Waals surface area (Å²) < 4.78 is 2.04. The zero-order valence-electron chi connectivity index (χ0n) is 9.64. The van der Waals surface area contributed by atoms with E-state index in [2.05, 4.69) is 10.3 Å². The van der Waals surface area contributed by atoms with Crippen molar-refractivity contribution in [1.29, 1.82) is 0 Å². The van der Waals surface area contributed by atoms with Crippen molar-refractivity contribution in [2.45, 2.75) is 12.4 Å². The van der Waals surface area contributed by atoms with Crippen molar-refractivity contribution in [2.24, 2.45) is 0 Å². The molecule has 3 aromatic rings. The Morgan fingerprint density at radius 1 is 1.33 bits per heavy atom. The number of hydrogen-bond acceptors (Lipinski definition) is 3. The van der Waals surface area contributed by atoms with Gasteiger partial charge in [-0.05, 0) is 11.6 Å². The van der Waals surface area contributed by atoms with Gasteiger partial charge in [0.25, 0.3) is 0 Å². The fourth-order valence-corrected chi connectivity index (χ4v) is 2.81. The van der Waals surface area contributed by atoms with E-state index in [0.29, 0.717) is 12.4 Å². The first kappa shape index (κ1) is 11.6. The van der Waals surface area contributed by atoms with Gasteiger partial charge >= 0.3 is 0 Å². The van der Waals surface area contributed by atoms with E-state index in [1.165, 1.54) is 0 Å². The van der Waals surface area contributed by atoms with Crippen LogP contribution in [0.3, 0.4) is 0 Å². The number of anilines is 1. The van der Waals surface area contributed by atoms with Gasteiger partial charge in [-0.3, -0.25) is 4.40 Å². The van der Waals surface area contributed by atoms with Gasteiger partial charge in [0.15, 0.2) is 4.96 Å². The Hall–Kier alpha value is -1.52. The summed E-state index contributed by atoms with van der Waals surface area (Å²) in [6.07, 6.45) is 4.06. The van der Waals surface area contributed by atoms with Crippen LogP contribution in [0.4, 0.5) is 5.69 Å². The Morgan fingerprint density at radius 3 is 3.06 bits per heavy atom. The lowest BCUT2D eigenvalue weighted by Gasteiger charge is -2.08. The number of halogens is 1. The van der Waals surface area contributed by atoms with Crippen LogP contribution in [0.15, 0.2) is 42.0 Å². The Bertz CT molecular complexity index is 630. The van der Waals surface area contributed by atoms with Gasteiger partial charge in [0, 0.05) is 29.3 Å². The largest absolute Gasteiger partial charge is 0.379 e. The molecule has 1 N–H and O–H groups in total. The van der Waals surface area contributed by atoms with Crippen LogP contribution in [0, 0.1) is 0 Å². The fraction of sp³-hybridized carbons (Fsp3) is 0.154. The second-order valence-electron chi connectivity index (χ2n) is 3.97. The van der Waals surface area contributed by atoms with E-state index in [1.54, 1.807) is 11.3 Å². The third-order valence-corrected chi connectivity index (χ3v) is 3.82. The van der Waals surface area contributed by atoms with Crippen LogP contribution in [0.1, 0.15) is 11.3 Å². The Morgan fingerprint density at radius 2 is 2.22 bits per heavy atom. The second-order valence-corrected chi connectivity index (χ2v) is 5.11. The molecule has 0 aliphatic rings. The molecule has 5 heteroatoms. The predicted octanol–water partition coefficient (Wildman–Crippen LogP) is 3.75. The van der Waals surface area contributed by atoms with E-state index >= 15 is 0 Å². The lowest BCUT2D eigenvalue weighted by molar-refractivity contribution is 1.07. The van der Waals surface area contributed by atoms with Crippen molar-refractivity contribution < 1.29 is 0 Å². The number of rotatable bonds is 4. The molecule has 0 fully saturated rings. The molecule has 0 amide bonds. The van der Waals surface area contributed by atoms with Crippen molar-refractivity contribution in [1.82, 2.24) is 9.38 Å². The average molecular weight is 278 g/mol. The molecule has 0 aliphatic heterocycles. The summed E-state index contributed by atoms with van der Waals surface area (Å²) >= 11 is 7.54. The van der Waals surface area contributed by atoms with Gasteiger partial charge < -0.3 is 5.32 Å². The number of aromatic nitrogens is 2. The molecule has 3 nitrogen and oxygen atoms in total. The van der Waals surface area contributed by atoms with Gasteiger partial charge in [0.05, 0.1) is 12.2 Å². The third kappa shape index (κ3) is 2.21. The minimum absolute atomic E-state index is 0.515. The lowest BCUT2D eigenvalue weighted by atomic mass is 10.2. The van der Waals surface area contributed by atoms with E-state index in [0.717, 1.165) is 21.9 Å². The van der Waals surface area contributed by atoms with Crippen molar-refractivity contribution in [2.75, 3.05) is 5.32 Å². The average Bonchev–Trinajstić information content (AvgIpc) is 2.97. The lowest BCUT2D eigenvalue weighted by Crippen LogP contribution is -2.01. The zero-order chi connectivity index (χ0) is 12.4. The van der Waals surface area contributed by atoms with E-state index < -0.39 is 0 Å². The third-order valence-electron chi connectivity index (χ3n) is 2.76. The minimum Gasteiger partial charge on any atom is -0.379 e. The van der Waals surface area contributed by atoms with Gasteiger partial charge in [0.2, 0.25) is 0 Å². The highest BCUT2D eigenvalue weighted by Crippen LogP contribution is 2.18. The van der Waals surface area contributed by atoms with Gasteiger partial charge in [-0.25, -0.2) is 4.98 Å². The van der Waals surface area contributed by atoms with E-state index in [4.69, 9.17) is 11.6 Å². The van der Waals surface area contributed by atoms with Crippen LogP contribution >= 0.6 is 22.9 Å². The summed E-state index contributed by atoms with van der Waals surface area (Å²) in [4.78, 5) is 5.55. The van der Waals surface area contributed by atoms with Crippen LogP contribution in [0.5, 0.6) is 0 Å². The topological polar surface area (TPSA) is 29.3 Å². The van der Waals surface area contributed by atoms with Crippen molar-refractivity contribution in [3.8, 4) is 0 Å². The highest BCUT2D eigenvalue weighted by atomic mass is 35.5. The summed E-state index contributed by atoms with van der Waals surface area (Å²) in [6, 6.07) is 8.07. The molecule has 18 heavy (non-hydrogen) atoms. The summed E-state index contributed by atoms with van der Waals surface area (Å²) in [5, 5.41) is 5.41. The SMILES string of the molecule is ClCc1ccccc1NCc1cn2ccsc2n1. The van der Waals surface area contributed by atoms with Crippen LogP contribution in [-0.2, 0) is 12.4 Å². The highest BCUT2D eigenvalue weighted by Gasteiger charge is 2.04. The standard InChI is InChI=1S/C13H12ClN3S/c14-7-10-3-1-2-4-12(10)15-8-11-9-17-5-6-18-13(17)16-11/h1-6,9,15H,7-8H2. The smallest absolute Gasteiger partial charge is 0.193 e.